The lowest BCUT2D eigenvalue weighted by molar-refractivity contribution is -0.122. The van der Waals surface area contributed by atoms with Gasteiger partial charge in [0, 0.05) is 10.4 Å². The predicted molar refractivity (Wildman–Crippen MR) is 104 cm³/mol. The normalized spacial score (nSPS) is 13.4. The molecule has 0 unspecified atom stereocenters. The summed E-state index contributed by atoms with van der Waals surface area (Å²) in [5.41, 5.74) is 6.96. The summed E-state index contributed by atoms with van der Waals surface area (Å²) in [6.45, 7) is -0.138. The van der Waals surface area contributed by atoms with Crippen LogP contribution in [0.5, 0.6) is 0 Å². The first kappa shape index (κ1) is 18.3. The molecule has 3 aromatic rings. The molecule has 1 aliphatic rings. The molecule has 0 radical (unpaired) electrons. The molecule has 144 valence electrons. The van der Waals surface area contributed by atoms with E-state index >= 15 is 0 Å². The first-order valence-corrected chi connectivity index (χ1v) is 10.0. The molecule has 0 bridgehead atoms. The molecule has 1 aromatic carbocycles. The molecule has 8 nitrogen and oxygen atoms in total. The molecular formula is C19H20N6O2S. The average molecular weight is 396 g/mol. The Labute approximate surface area is 165 Å². The zero-order valence-electron chi connectivity index (χ0n) is 15.2. The van der Waals surface area contributed by atoms with Gasteiger partial charge in [-0.3, -0.25) is 20.4 Å². The Balaban J connectivity index is 1.31. The van der Waals surface area contributed by atoms with Gasteiger partial charge in [-0.25, -0.2) is 0 Å². The van der Waals surface area contributed by atoms with Gasteiger partial charge in [0.1, 0.15) is 6.54 Å². The third-order valence-corrected chi connectivity index (χ3v) is 5.79. The number of thiophene rings is 1. The molecule has 0 aliphatic heterocycles. The summed E-state index contributed by atoms with van der Waals surface area (Å²) in [5, 5.41) is 12.0. The lowest BCUT2D eigenvalue weighted by Gasteiger charge is -2.05. The number of aryl methyl sites for hydroxylation is 2. The maximum absolute atomic E-state index is 12.3. The lowest BCUT2D eigenvalue weighted by Crippen LogP contribution is -2.43. The second-order valence-electron chi connectivity index (χ2n) is 6.63. The van der Waals surface area contributed by atoms with Crippen molar-refractivity contribution in [1.82, 2.24) is 31.1 Å². The fraction of sp³-hybridized carbons (Fsp3) is 0.316. The van der Waals surface area contributed by atoms with E-state index in [4.69, 9.17) is 0 Å². The Morgan fingerprint density at radius 1 is 1.07 bits per heavy atom. The molecule has 9 heteroatoms. The van der Waals surface area contributed by atoms with E-state index in [9.17, 15) is 9.59 Å². The van der Waals surface area contributed by atoms with Crippen LogP contribution >= 0.6 is 11.3 Å². The third kappa shape index (κ3) is 4.25. The number of hydrazine groups is 1. The summed E-state index contributed by atoms with van der Waals surface area (Å²) >= 11 is 1.51. The quantitative estimate of drug-likeness (QED) is 0.520. The Hall–Kier alpha value is -3.07. The van der Waals surface area contributed by atoms with Crippen molar-refractivity contribution in [1.29, 1.82) is 0 Å². The van der Waals surface area contributed by atoms with Crippen LogP contribution in [0.2, 0.25) is 0 Å². The van der Waals surface area contributed by atoms with Gasteiger partial charge in [0.2, 0.25) is 5.82 Å². The minimum Gasteiger partial charge on any atom is -0.271 e. The number of tetrazole rings is 1. The number of carbonyl (C=O) groups excluding carboxylic acids is 2. The lowest BCUT2D eigenvalue weighted by atomic mass is 10.1. The number of amides is 2. The smallest absolute Gasteiger partial charge is 0.271 e. The summed E-state index contributed by atoms with van der Waals surface area (Å²) in [5.74, 6) is -0.288. The van der Waals surface area contributed by atoms with E-state index in [1.165, 1.54) is 39.4 Å². The highest BCUT2D eigenvalue weighted by Crippen LogP contribution is 2.28. The fourth-order valence-corrected chi connectivity index (χ4v) is 4.30. The third-order valence-electron chi connectivity index (χ3n) is 4.56. The van der Waals surface area contributed by atoms with Crippen molar-refractivity contribution in [2.75, 3.05) is 0 Å². The van der Waals surface area contributed by atoms with E-state index in [0.29, 0.717) is 10.7 Å². The van der Waals surface area contributed by atoms with Crippen molar-refractivity contribution in [3.05, 3.63) is 51.7 Å². The van der Waals surface area contributed by atoms with Crippen LogP contribution in [0.15, 0.2) is 36.4 Å². The standard InChI is InChI=1S/C19H20N6O2S/c26-17(12-25-23-18(21-24-25)13-7-3-1-4-8-13)20-22-19(27)16-11-14-9-5-2-6-10-15(14)28-16/h1,3-4,7-8,11H,2,5-6,9-10,12H2,(H,20,26)(H,22,27). The molecule has 2 aromatic heterocycles. The number of nitrogens with zero attached hydrogens (tertiary/aromatic N) is 4. The van der Waals surface area contributed by atoms with Crippen molar-refractivity contribution in [3.63, 3.8) is 0 Å². The topological polar surface area (TPSA) is 102 Å². The zero-order chi connectivity index (χ0) is 19.3. The summed E-state index contributed by atoms with van der Waals surface area (Å²) in [6, 6.07) is 11.3. The molecule has 28 heavy (non-hydrogen) atoms. The molecule has 2 amide bonds. The van der Waals surface area contributed by atoms with E-state index in [1.807, 2.05) is 36.4 Å². The number of carbonyl (C=O) groups is 2. The van der Waals surface area contributed by atoms with Gasteiger partial charge >= 0.3 is 0 Å². The van der Waals surface area contributed by atoms with E-state index in [1.54, 1.807) is 0 Å². The van der Waals surface area contributed by atoms with Crippen molar-refractivity contribution >= 4 is 23.2 Å². The van der Waals surface area contributed by atoms with Crippen LogP contribution in [0.1, 0.15) is 39.4 Å². The highest BCUT2D eigenvalue weighted by atomic mass is 32.1. The largest absolute Gasteiger partial charge is 0.279 e. The van der Waals surface area contributed by atoms with Crippen molar-refractivity contribution < 1.29 is 9.59 Å². The minimum absolute atomic E-state index is 0.138. The Bertz CT molecular complexity index is 958. The minimum atomic E-state index is -0.427. The molecule has 2 N–H and O–H groups in total. The first-order chi connectivity index (χ1) is 13.7. The number of hydrogen-bond acceptors (Lipinski definition) is 6. The first-order valence-electron chi connectivity index (χ1n) is 9.23. The number of nitrogens with one attached hydrogen (secondary N) is 2. The van der Waals surface area contributed by atoms with E-state index in [0.717, 1.165) is 24.8 Å². The Morgan fingerprint density at radius 2 is 1.89 bits per heavy atom. The maximum Gasteiger partial charge on any atom is 0.279 e. The molecule has 1 aliphatic carbocycles. The van der Waals surface area contributed by atoms with Crippen molar-refractivity contribution in [2.24, 2.45) is 0 Å². The van der Waals surface area contributed by atoms with Crippen LogP contribution in [-0.2, 0) is 24.2 Å². The molecule has 0 saturated carbocycles. The fourth-order valence-electron chi connectivity index (χ4n) is 3.15. The van der Waals surface area contributed by atoms with Gasteiger partial charge < -0.3 is 0 Å². The van der Waals surface area contributed by atoms with Gasteiger partial charge in [-0.2, -0.15) is 4.80 Å². The summed E-state index contributed by atoms with van der Waals surface area (Å²) in [4.78, 5) is 27.5. The number of benzene rings is 1. The molecule has 2 heterocycles. The summed E-state index contributed by atoms with van der Waals surface area (Å²) in [6.07, 6.45) is 5.62. The highest BCUT2D eigenvalue weighted by molar-refractivity contribution is 7.14. The molecule has 0 fully saturated rings. The highest BCUT2D eigenvalue weighted by Gasteiger charge is 2.17. The second kappa shape index (κ2) is 8.30. The predicted octanol–water partition coefficient (Wildman–Crippen LogP) is 2.13. The molecule has 0 spiro atoms. The van der Waals surface area contributed by atoms with Crippen LogP contribution in [0, 0.1) is 0 Å². The van der Waals surface area contributed by atoms with Crippen molar-refractivity contribution in [2.45, 2.75) is 38.6 Å². The summed E-state index contributed by atoms with van der Waals surface area (Å²) in [7, 11) is 0. The van der Waals surface area contributed by atoms with Crippen LogP contribution in [-0.4, -0.2) is 32.0 Å². The zero-order valence-corrected chi connectivity index (χ0v) is 16.0. The van der Waals surface area contributed by atoms with E-state index < -0.39 is 5.91 Å². The number of aromatic nitrogens is 4. The average Bonchev–Trinajstić information content (AvgIpc) is 3.29. The monoisotopic (exact) mass is 396 g/mol. The molecular weight excluding hydrogens is 376 g/mol. The van der Waals surface area contributed by atoms with Gasteiger partial charge in [0.05, 0.1) is 4.88 Å². The molecule has 4 rings (SSSR count). The SMILES string of the molecule is O=C(Cn1nnc(-c2ccccc2)n1)NNC(=O)c1cc2c(s1)CCCCC2. The van der Waals surface area contributed by atoms with Crippen LogP contribution < -0.4 is 10.9 Å². The van der Waals surface area contributed by atoms with Crippen LogP contribution in [0.4, 0.5) is 0 Å². The van der Waals surface area contributed by atoms with Gasteiger partial charge in [-0.15, -0.1) is 21.5 Å². The van der Waals surface area contributed by atoms with Crippen LogP contribution in [0.25, 0.3) is 11.4 Å². The molecule has 0 atom stereocenters. The Kier molecular flexibility index (Phi) is 5.43. The van der Waals surface area contributed by atoms with Crippen LogP contribution in [0.3, 0.4) is 0 Å². The second-order valence-corrected chi connectivity index (χ2v) is 7.77. The van der Waals surface area contributed by atoms with Gasteiger partial charge in [0.25, 0.3) is 11.8 Å². The maximum atomic E-state index is 12.3. The van der Waals surface area contributed by atoms with Gasteiger partial charge in [-0.1, -0.05) is 36.8 Å². The number of fused-ring (bicyclic) bond motifs is 1. The Morgan fingerprint density at radius 3 is 2.75 bits per heavy atom. The van der Waals surface area contributed by atoms with Gasteiger partial charge in [-0.05, 0) is 42.5 Å². The number of hydrogen-bond donors (Lipinski definition) is 2. The number of rotatable bonds is 4. The van der Waals surface area contributed by atoms with E-state index in [2.05, 4.69) is 26.3 Å². The summed E-state index contributed by atoms with van der Waals surface area (Å²) < 4.78 is 0. The molecule has 0 saturated heterocycles. The van der Waals surface area contributed by atoms with Gasteiger partial charge in [0.15, 0.2) is 0 Å². The van der Waals surface area contributed by atoms with Crippen molar-refractivity contribution in [3.8, 4) is 11.4 Å². The van der Waals surface area contributed by atoms with E-state index in [-0.39, 0.29) is 12.5 Å².